The summed E-state index contributed by atoms with van der Waals surface area (Å²) in [4.78, 5) is 13.0. The van der Waals surface area contributed by atoms with Crippen LogP contribution in [0, 0.1) is 11.8 Å². The minimum Gasteiger partial charge on any atom is -0.497 e. The van der Waals surface area contributed by atoms with E-state index >= 15 is 0 Å². The van der Waals surface area contributed by atoms with E-state index in [-0.39, 0.29) is 5.91 Å². The van der Waals surface area contributed by atoms with Crippen LogP contribution >= 0.6 is 0 Å². The highest BCUT2D eigenvalue weighted by Crippen LogP contribution is 2.35. The van der Waals surface area contributed by atoms with Gasteiger partial charge in [0, 0.05) is 18.8 Å². The highest BCUT2D eigenvalue weighted by atomic mass is 16.5. The summed E-state index contributed by atoms with van der Waals surface area (Å²) in [7, 11) is 1.63. The molecule has 0 spiro atoms. The Bertz CT molecular complexity index is 782. The number of carbonyl (C=O) groups is 1. The molecule has 26 heavy (non-hydrogen) atoms. The molecule has 0 aliphatic carbocycles. The fourth-order valence-corrected chi connectivity index (χ4v) is 3.24. The van der Waals surface area contributed by atoms with E-state index in [1.54, 1.807) is 7.11 Å². The van der Waals surface area contributed by atoms with E-state index < -0.39 is 5.41 Å². The zero-order valence-corrected chi connectivity index (χ0v) is 15.0. The summed E-state index contributed by atoms with van der Waals surface area (Å²) in [6.45, 7) is 1.51. The minimum absolute atomic E-state index is 0.0241. The van der Waals surface area contributed by atoms with Crippen molar-refractivity contribution in [2.24, 2.45) is 0 Å². The van der Waals surface area contributed by atoms with E-state index in [2.05, 4.69) is 17.2 Å². The van der Waals surface area contributed by atoms with Crippen LogP contribution in [0.5, 0.6) is 5.75 Å². The lowest BCUT2D eigenvalue weighted by Gasteiger charge is -2.36. The molecule has 0 radical (unpaired) electrons. The van der Waals surface area contributed by atoms with Crippen molar-refractivity contribution < 1.29 is 14.3 Å². The second-order valence-corrected chi connectivity index (χ2v) is 6.27. The van der Waals surface area contributed by atoms with Gasteiger partial charge in [-0.15, -0.1) is 0 Å². The first-order valence-electron chi connectivity index (χ1n) is 8.79. The molecule has 1 saturated heterocycles. The smallest absolute Gasteiger partial charge is 0.231 e. The average Bonchev–Trinajstić information content (AvgIpc) is 2.72. The number of nitrogens with one attached hydrogen (secondary N) is 1. The van der Waals surface area contributed by atoms with Gasteiger partial charge in [-0.1, -0.05) is 42.2 Å². The fraction of sp³-hybridized carbons (Fsp3) is 0.318. The van der Waals surface area contributed by atoms with Crippen molar-refractivity contribution in [1.29, 1.82) is 0 Å². The average molecular weight is 349 g/mol. The molecule has 3 rings (SSSR count). The fourth-order valence-electron chi connectivity index (χ4n) is 3.24. The largest absolute Gasteiger partial charge is 0.497 e. The van der Waals surface area contributed by atoms with Crippen LogP contribution in [-0.2, 0) is 14.9 Å². The molecular weight excluding hydrogens is 326 g/mol. The van der Waals surface area contributed by atoms with Crippen LogP contribution in [0.15, 0.2) is 54.6 Å². The Morgan fingerprint density at radius 3 is 2.46 bits per heavy atom. The van der Waals surface area contributed by atoms with Gasteiger partial charge in [-0.05, 0) is 42.7 Å². The Morgan fingerprint density at radius 2 is 1.81 bits per heavy atom. The SMILES string of the molecule is COc1ccc(C#CCNC(=O)C2(c3ccccc3)CCOCC2)cc1. The zero-order chi connectivity index (χ0) is 18.2. The molecular formula is C22H23NO3. The quantitative estimate of drug-likeness (QED) is 0.864. The van der Waals surface area contributed by atoms with Crippen LogP contribution in [0.2, 0.25) is 0 Å². The van der Waals surface area contributed by atoms with Gasteiger partial charge in [0.05, 0.1) is 19.1 Å². The van der Waals surface area contributed by atoms with Gasteiger partial charge in [0.15, 0.2) is 0 Å². The summed E-state index contributed by atoms with van der Waals surface area (Å²) in [6.07, 6.45) is 1.38. The topological polar surface area (TPSA) is 47.6 Å². The maximum Gasteiger partial charge on any atom is 0.231 e. The van der Waals surface area contributed by atoms with E-state index in [9.17, 15) is 4.79 Å². The normalized spacial score (nSPS) is 15.4. The van der Waals surface area contributed by atoms with E-state index in [1.807, 2.05) is 54.6 Å². The molecule has 4 nitrogen and oxygen atoms in total. The molecule has 1 fully saturated rings. The van der Waals surface area contributed by atoms with Gasteiger partial charge in [0.25, 0.3) is 0 Å². The van der Waals surface area contributed by atoms with Crippen LogP contribution in [0.1, 0.15) is 24.0 Å². The Kier molecular flexibility index (Phi) is 5.93. The number of benzene rings is 2. The lowest BCUT2D eigenvalue weighted by Crippen LogP contribution is -2.48. The number of rotatable bonds is 4. The standard InChI is InChI=1S/C22H23NO3/c1-25-20-11-9-18(10-12-20)6-5-15-23-21(24)22(13-16-26-17-14-22)19-7-3-2-4-8-19/h2-4,7-12H,13-17H2,1H3,(H,23,24). The third-order valence-electron chi connectivity index (χ3n) is 4.77. The van der Waals surface area contributed by atoms with Gasteiger partial charge in [-0.2, -0.15) is 0 Å². The van der Waals surface area contributed by atoms with E-state index in [0.29, 0.717) is 32.6 Å². The van der Waals surface area contributed by atoms with Crippen molar-refractivity contribution in [1.82, 2.24) is 5.32 Å². The highest BCUT2D eigenvalue weighted by Gasteiger charge is 2.41. The number of hydrogen-bond acceptors (Lipinski definition) is 3. The molecule has 2 aromatic rings. The molecule has 1 aliphatic rings. The number of methoxy groups -OCH3 is 1. The maximum atomic E-state index is 13.0. The number of ether oxygens (including phenoxy) is 2. The van der Waals surface area contributed by atoms with E-state index in [1.165, 1.54) is 0 Å². The Labute approximate surface area is 154 Å². The van der Waals surface area contributed by atoms with Gasteiger partial charge in [-0.25, -0.2) is 0 Å². The molecule has 0 unspecified atom stereocenters. The van der Waals surface area contributed by atoms with Crippen molar-refractivity contribution in [2.45, 2.75) is 18.3 Å². The predicted octanol–water partition coefficient (Wildman–Crippen LogP) is 2.91. The molecule has 1 amide bonds. The first-order chi connectivity index (χ1) is 12.7. The molecule has 1 heterocycles. The van der Waals surface area contributed by atoms with Gasteiger partial charge in [0.1, 0.15) is 5.75 Å². The van der Waals surface area contributed by atoms with Gasteiger partial charge < -0.3 is 14.8 Å². The second-order valence-electron chi connectivity index (χ2n) is 6.27. The molecule has 0 saturated carbocycles. The molecule has 4 heteroatoms. The molecule has 2 aromatic carbocycles. The molecule has 134 valence electrons. The lowest BCUT2D eigenvalue weighted by atomic mass is 9.73. The van der Waals surface area contributed by atoms with Gasteiger partial charge in [-0.3, -0.25) is 4.79 Å². The van der Waals surface area contributed by atoms with Crippen molar-refractivity contribution in [3.63, 3.8) is 0 Å². The summed E-state index contributed by atoms with van der Waals surface area (Å²) < 4.78 is 10.6. The molecule has 0 atom stereocenters. The summed E-state index contributed by atoms with van der Waals surface area (Å²) in [5, 5.41) is 2.99. The van der Waals surface area contributed by atoms with E-state index in [0.717, 1.165) is 16.9 Å². The third kappa shape index (κ3) is 4.07. The molecule has 1 aliphatic heterocycles. The predicted molar refractivity (Wildman–Crippen MR) is 101 cm³/mol. The monoisotopic (exact) mass is 349 g/mol. The van der Waals surface area contributed by atoms with Crippen molar-refractivity contribution >= 4 is 5.91 Å². The molecule has 0 aromatic heterocycles. The molecule has 1 N–H and O–H groups in total. The Hall–Kier alpha value is -2.77. The van der Waals surface area contributed by atoms with Crippen LogP contribution in [0.4, 0.5) is 0 Å². The zero-order valence-electron chi connectivity index (χ0n) is 15.0. The summed E-state index contributed by atoms with van der Waals surface area (Å²) >= 11 is 0. The maximum absolute atomic E-state index is 13.0. The van der Waals surface area contributed by atoms with Crippen LogP contribution < -0.4 is 10.1 Å². The number of amides is 1. The van der Waals surface area contributed by atoms with Crippen molar-refractivity contribution in [3.05, 3.63) is 65.7 Å². The Morgan fingerprint density at radius 1 is 1.12 bits per heavy atom. The second kappa shape index (κ2) is 8.55. The van der Waals surface area contributed by atoms with Crippen molar-refractivity contribution in [3.8, 4) is 17.6 Å². The Balaban J connectivity index is 1.66. The minimum atomic E-state index is -0.526. The van der Waals surface area contributed by atoms with E-state index in [4.69, 9.17) is 9.47 Å². The van der Waals surface area contributed by atoms with Gasteiger partial charge >= 0.3 is 0 Å². The van der Waals surface area contributed by atoms with Crippen LogP contribution in [0.25, 0.3) is 0 Å². The van der Waals surface area contributed by atoms with Crippen molar-refractivity contribution in [2.75, 3.05) is 26.9 Å². The first-order valence-corrected chi connectivity index (χ1v) is 8.79. The highest BCUT2D eigenvalue weighted by molar-refractivity contribution is 5.88. The van der Waals surface area contributed by atoms with Gasteiger partial charge in [0.2, 0.25) is 5.91 Å². The third-order valence-corrected chi connectivity index (χ3v) is 4.77. The number of hydrogen-bond donors (Lipinski definition) is 1. The van der Waals surface area contributed by atoms with Crippen LogP contribution in [0.3, 0.4) is 0 Å². The van der Waals surface area contributed by atoms with Crippen LogP contribution in [-0.4, -0.2) is 32.8 Å². The summed E-state index contributed by atoms with van der Waals surface area (Å²) in [5.74, 6) is 6.91. The summed E-state index contributed by atoms with van der Waals surface area (Å²) in [6, 6.07) is 17.5. The number of carbonyl (C=O) groups excluding carboxylic acids is 1. The summed E-state index contributed by atoms with van der Waals surface area (Å²) in [5.41, 5.74) is 1.41. The molecule has 0 bridgehead atoms. The lowest BCUT2D eigenvalue weighted by molar-refractivity contribution is -0.130. The first kappa shape index (κ1) is 18.0.